The number of anilines is 1. The molecule has 2 rings (SSSR count). The smallest absolute Gasteiger partial charge is 0.152 e. The molecule has 0 saturated carbocycles. The van der Waals surface area contributed by atoms with Crippen molar-refractivity contribution in [3.63, 3.8) is 0 Å². The standard InChI is InChI=1S/C13H12BrClN2O/c1-8-4-5-16-13(15)12(8)17-7-9-6-10(14)2-3-11(9)18/h2-6,17-18H,7H2,1H3. The van der Waals surface area contributed by atoms with Gasteiger partial charge in [-0.3, -0.25) is 0 Å². The summed E-state index contributed by atoms with van der Waals surface area (Å²) >= 11 is 9.40. The summed E-state index contributed by atoms with van der Waals surface area (Å²) in [7, 11) is 0. The lowest BCUT2D eigenvalue weighted by Crippen LogP contribution is -2.02. The van der Waals surface area contributed by atoms with Crippen molar-refractivity contribution >= 4 is 33.2 Å². The van der Waals surface area contributed by atoms with Crippen LogP contribution in [0.5, 0.6) is 5.75 Å². The second-order valence-corrected chi connectivity index (χ2v) is 5.19. The highest BCUT2D eigenvalue weighted by Crippen LogP contribution is 2.26. The molecule has 0 radical (unpaired) electrons. The van der Waals surface area contributed by atoms with E-state index in [-0.39, 0.29) is 5.75 Å². The van der Waals surface area contributed by atoms with Crippen molar-refractivity contribution in [1.29, 1.82) is 0 Å². The van der Waals surface area contributed by atoms with Crippen LogP contribution in [0.15, 0.2) is 34.9 Å². The van der Waals surface area contributed by atoms with Crippen LogP contribution in [-0.4, -0.2) is 10.1 Å². The minimum atomic E-state index is 0.253. The number of rotatable bonds is 3. The van der Waals surface area contributed by atoms with Gasteiger partial charge in [0.2, 0.25) is 0 Å². The maximum atomic E-state index is 9.74. The second-order valence-electron chi connectivity index (χ2n) is 3.92. The van der Waals surface area contributed by atoms with E-state index in [1.165, 1.54) is 0 Å². The quantitative estimate of drug-likeness (QED) is 0.833. The number of aromatic nitrogens is 1. The van der Waals surface area contributed by atoms with Crippen molar-refractivity contribution in [2.45, 2.75) is 13.5 Å². The molecule has 0 aliphatic rings. The van der Waals surface area contributed by atoms with Gasteiger partial charge in [0.1, 0.15) is 5.75 Å². The summed E-state index contributed by atoms with van der Waals surface area (Å²) in [5.41, 5.74) is 2.60. The lowest BCUT2D eigenvalue weighted by molar-refractivity contribution is 0.469. The molecule has 0 unspecified atom stereocenters. The Hall–Kier alpha value is -1.26. The highest BCUT2D eigenvalue weighted by Gasteiger charge is 2.06. The molecule has 2 N–H and O–H groups in total. The normalized spacial score (nSPS) is 10.4. The molecule has 1 aromatic heterocycles. The molecule has 3 nitrogen and oxygen atoms in total. The first kappa shape index (κ1) is 13.2. The number of aromatic hydroxyl groups is 1. The van der Waals surface area contributed by atoms with Crippen LogP contribution >= 0.6 is 27.5 Å². The predicted molar refractivity (Wildman–Crippen MR) is 77.1 cm³/mol. The molecular formula is C13H12BrClN2O. The van der Waals surface area contributed by atoms with Gasteiger partial charge in [0.05, 0.1) is 5.69 Å². The first-order valence-electron chi connectivity index (χ1n) is 5.40. The number of halogens is 2. The fourth-order valence-electron chi connectivity index (χ4n) is 1.62. The van der Waals surface area contributed by atoms with E-state index in [4.69, 9.17) is 11.6 Å². The summed E-state index contributed by atoms with van der Waals surface area (Å²) in [6.45, 7) is 2.44. The van der Waals surface area contributed by atoms with Crippen LogP contribution in [0.3, 0.4) is 0 Å². The third kappa shape index (κ3) is 2.94. The van der Waals surface area contributed by atoms with Crippen molar-refractivity contribution in [1.82, 2.24) is 4.98 Å². The van der Waals surface area contributed by atoms with Crippen LogP contribution in [0.1, 0.15) is 11.1 Å². The van der Waals surface area contributed by atoms with E-state index < -0.39 is 0 Å². The van der Waals surface area contributed by atoms with Crippen molar-refractivity contribution < 1.29 is 5.11 Å². The molecule has 0 aliphatic heterocycles. The van der Waals surface area contributed by atoms with E-state index in [2.05, 4.69) is 26.2 Å². The highest BCUT2D eigenvalue weighted by molar-refractivity contribution is 9.10. The number of hydrogen-bond acceptors (Lipinski definition) is 3. The zero-order valence-electron chi connectivity index (χ0n) is 9.74. The highest BCUT2D eigenvalue weighted by atomic mass is 79.9. The Morgan fingerprint density at radius 3 is 2.89 bits per heavy atom. The molecule has 1 heterocycles. The van der Waals surface area contributed by atoms with Gasteiger partial charge < -0.3 is 10.4 Å². The Bertz CT molecular complexity index is 555. The summed E-state index contributed by atoms with van der Waals surface area (Å²) in [4.78, 5) is 4.02. The molecule has 0 aliphatic carbocycles. The SMILES string of the molecule is Cc1ccnc(Cl)c1NCc1cc(Br)ccc1O. The Morgan fingerprint density at radius 2 is 2.17 bits per heavy atom. The van der Waals surface area contributed by atoms with Crippen LogP contribution in [0, 0.1) is 6.92 Å². The topological polar surface area (TPSA) is 45.2 Å². The number of nitrogens with zero attached hydrogens (tertiary/aromatic N) is 1. The average Bonchev–Trinajstić information content (AvgIpc) is 2.33. The predicted octanol–water partition coefficient (Wildman–Crippen LogP) is 4.12. The summed E-state index contributed by atoms with van der Waals surface area (Å²) in [6, 6.07) is 7.19. The van der Waals surface area contributed by atoms with E-state index in [1.54, 1.807) is 18.3 Å². The molecule has 0 bridgehead atoms. The zero-order chi connectivity index (χ0) is 13.1. The number of phenolic OH excluding ortho intramolecular Hbond substituents is 1. The molecule has 0 fully saturated rings. The van der Waals surface area contributed by atoms with Gasteiger partial charge in [-0.1, -0.05) is 27.5 Å². The number of pyridine rings is 1. The summed E-state index contributed by atoms with van der Waals surface area (Å²) in [6.07, 6.45) is 1.67. The third-order valence-electron chi connectivity index (χ3n) is 2.61. The molecule has 5 heteroatoms. The van der Waals surface area contributed by atoms with Crippen molar-refractivity contribution in [2.75, 3.05) is 5.32 Å². The molecule has 1 aromatic carbocycles. The Kier molecular flexibility index (Phi) is 4.09. The van der Waals surface area contributed by atoms with E-state index in [9.17, 15) is 5.11 Å². The van der Waals surface area contributed by atoms with E-state index in [0.717, 1.165) is 21.3 Å². The van der Waals surface area contributed by atoms with Gasteiger partial charge in [-0.05, 0) is 36.8 Å². The maximum absolute atomic E-state index is 9.74. The van der Waals surface area contributed by atoms with Crippen molar-refractivity contribution in [3.8, 4) is 5.75 Å². The van der Waals surface area contributed by atoms with Crippen LogP contribution in [0.4, 0.5) is 5.69 Å². The van der Waals surface area contributed by atoms with Gasteiger partial charge in [0, 0.05) is 22.8 Å². The van der Waals surface area contributed by atoms with Gasteiger partial charge in [-0.2, -0.15) is 0 Å². The first-order valence-corrected chi connectivity index (χ1v) is 6.57. The lowest BCUT2D eigenvalue weighted by atomic mass is 10.2. The molecule has 0 saturated heterocycles. The number of hydrogen-bond donors (Lipinski definition) is 2. The van der Waals surface area contributed by atoms with Gasteiger partial charge in [0.15, 0.2) is 5.15 Å². The van der Waals surface area contributed by atoms with Gasteiger partial charge in [-0.25, -0.2) is 4.98 Å². The molecule has 0 spiro atoms. The second kappa shape index (κ2) is 5.59. The van der Waals surface area contributed by atoms with Gasteiger partial charge in [0.25, 0.3) is 0 Å². The third-order valence-corrected chi connectivity index (χ3v) is 3.39. The summed E-state index contributed by atoms with van der Waals surface area (Å²) in [5.74, 6) is 0.253. The fourth-order valence-corrected chi connectivity index (χ4v) is 2.30. The number of benzene rings is 1. The monoisotopic (exact) mass is 326 g/mol. The van der Waals surface area contributed by atoms with Gasteiger partial charge in [-0.15, -0.1) is 0 Å². The van der Waals surface area contributed by atoms with Crippen LogP contribution in [0.2, 0.25) is 5.15 Å². The largest absolute Gasteiger partial charge is 0.508 e. The molecule has 2 aromatic rings. The maximum Gasteiger partial charge on any atom is 0.152 e. The lowest BCUT2D eigenvalue weighted by Gasteiger charge is -2.11. The van der Waals surface area contributed by atoms with Crippen LogP contribution in [0.25, 0.3) is 0 Å². The Labute approximate surface area is 119 Å². The molecule has 0 amide bonds. The number of nitrogens with one attached hydrogen (secondary N) is 1. The molecule has 0 atom stereocenters. The average molecular weight is 328 g/mol. The Balaban J connectivity index is 2.19. The zero-order valence-corrected chi connectivity index (χ0v) is 12.1. The minimum Gasteiger partial charge on any atom is -0.508 e. The summed E-state index contributed by atoms with van der Waals surface area (Å²) in [5, 5.41) is 13.4. The summed E-state index contributed by atoms with van der Waals surface area (Å²) < 4.78 is 0.922. The van der Waals surface area contributed by atoms with E-state index in [0.29, 0.717) is 11.7 Å². The van der Waals surface area contributed by atoms with E-state index in [1.807, 2.05) is 19.1 Å². The van der Waals surface area contributed by atoms with Crippen LogP contribution < -0.4 is 5.32 Å². The Morgan fingerprint density at radius 1 is 1.39 bits per heavy atom. The number of phenols is 1. The molecular weight excluding hydrogens is 316 g/mol. The minimum absolute atomic E-state index is 0.253. The van der Waals surface area contributed by atoms with Gasteiger partial charge >= 0.3 is 0 Å². The molecule has 94 valence electrons. The van der Waals surface area contributed by atoms with E-state index >= 15 is 0 Å². The van der Waals surface area contributed by atoms with Crippen LogP contribution in [-0.2, 0) is 6.54 Å². The van der Waals surface area contributed by atoms with Crippen molar-refractivity contribution in [3.05, 3.63) is 51.2 Å². The molecule has 18 heavy (non-hydrogen) atoms. The van der Waals surface area contributed by atoms with Crippen molar-refractivity contribution in [2.24, 2.45) is 0 Å². The fraction of sp³-hybridized carbons (Fsp3) is 0.154. The number of aryl methyl sites for hydroxylation is 1. The first-order chi connectivity index (χ1) is 8.58.